The minimum Gasteiger partial charge on any atom is -0.327 e. The fourth-order valence-corrected chi connectivity index (χ4v) is 2.56. The van der Waals surface area contributed by atoms with E-state index in [4.69, 9.17) is 17.3 Å². The maximum absolute atomic E-state index is 10.7. The van der Waals surface area contributed by atoms with Crippen molar-refractivity contribution < 1.29 is 4.92 Å². The van der Waals surface area contributed by atoms with Gasteiger partial charge in [-0.15, -0.1) is 0 Å². The molecule has 0 aliphatic heterocycles. The lowest BCUT2D eigenvalue weighted by molar-refractivity contribution is -0.384. The molecule has 2 N–H and O–H groups in total. The Hall–Kier alpha value is -1.91. The van der Waals surface area contributed by atoms with Crippen molar-refractivity contribution in [2.24, 2.45) is 5.73 Å². The molecule has 4 nitrogen and oxygen atoms in total. The van der Waals surface area contributed by atoms with Gasteiger partial charge in [0.25, 0.3) is 5.69 Å². The van der Waals surface area contributed by atoms with E-state index in [1.165, 1.54) is 23.3 Å². The predicted octanol–water partition coefficient (Wildman–Crippen LogP) is 3.67. The van der Waals surface area contributed by atoms with E-state index in [1.807, 2.05) is 25.1 Å². The van der Waals surface area contributed by atoms with Crippen molar-refractivity contribution in [3.8, 4) is 0 Å². The van der Waals surface area contributed by atoms with Gasteiger partial charge in [-0.3, -0.25) is 10.1 Å². The molecule has 2 aromatic rings. The van der Waals surface area contributed by atoms with Gasteiger partial charge in [0.05, 0.1) is 9.95 Å². The number of hydrogen-bond donors (Lipinski definition) is 1. The van der Waals surface area contributed by atoms with Gasteiger partial charge >= 0.3 is 0 Å². The Morgan fingerprint density at radius 2 is 2.00 bits per heavy atom. The molecule has 2 aromatic carbocycles. The van der Waals surface area contributed by atoms with Gasteiger partial charge in [-0.25, -0.2) is 0 Å². The topological polar surface area (TPSA) is 69.2 Å². The highest BCUT2D eigenvalue weighted by atomic mass is 35.5. The smallest absolute Gasteiger partial charge is 0.270 e. The minimum absolute atomic E-state index is 0.00370. The molecule has 0 aliphatic carbocycles. The van der Waals surface area contributed by atoms with Gasteiger partial charge < -0.3 is 5.73 Å². The summed E-state index contributed by atoms with van der Waals surface area (Å²) < 4.78 is 0. The lowest BCUT2D eigenvalue weighted by atomic mass is 9.98. The first-order valence-electron chi connectivity index (χ1n) is 6.69. The molecule has 0 aromatic heterocycles. The van der Waals surface area contributed by atoms with Crippen LogP contribution in [-0.4, -0.2) is 11.0 Å². The summed E-state index contributed by atoms with van der Waals surface area (Å²) in [6, 6.07) is 12.6. The number of nitro groups is 1. The van der Waals surface area contributed by atoms with Gasteiger partial charge in [0, 0.05) is 18.2 Å². The highest BCUT2D eigenvalue weighted by Gasteiger charge is 2.12. The highest BCUT2D eigenvalue weighted by Crippen LogP contribution is 2.23. The molecule has 0 fully saturated rings. The number of non-ortho nitro benzene ring substituents is 1. The predicted molar refractivity (Wildman–Crippen MR) is 84.7 cm³/mol. The van der Waals surface area contributed by atoms with Gasteiger partial charge in [0.2, 0.25) is 0 Å². The monoisotopic (exact) mass is 304 g/mol. The van der Waals surface area contributed by atoms with Gasteiger partial charge in [-0.05, 0) is 30.9 Å². The molecule has 0 spiro atoms. The molecule has 1 unspecified atom stereocenters. The molecule has 2 rings (SSSR count). The Balaban J connectivity index is 2.06. The number of rotatable bonds is 5. The summed E-state index contributed by atoms with van der Waals surface area (Å²) in [4.78, 5) is 10.2. The Bertz CT molecular complexity index is 658. The highest BCUT2D eigenvalue weighted by molar-refractivity contribution is 6.31. The van der Waals surface area contributed by atoms with Crippen molar-refractivity contribution in [2.75, 3.05) is 0 Å². The minimum atomic E-state index is -0.456. The van der Waals surface area contributed by atoms with Crippen LogP contribution in [0.5, 0.6) is 0 Å². The van der Waals surface area contributed by atoms with E-state index in [2.05, 4.69) is 6.07 Å². The van der Waals surface area contributed by atoms with Crippen molar-refractivity contribution in [3.05, 3.63) is 74.3 Å². The Labute approximate surface area is 128 Å². The molecule has 0 radical (unpaired) electrons. The molecule has 0 saturated carbocycles. The average Bonchev–Trinajstić information content (AvgIpc) is 2.40. The average molecular weight is 305 g/mol. The first-order chi connectivity index (χ1) is 9.95. The molecule has 0 bridgehead atoms. The van der Waals surface area contributed by atoms with Crippen LogP contribution in [0.1, 0.15) is 16.7 Å². The zero-order valence-corrected chi connectivity index (χ0v) is 12.5. The molecule has 0 aliphatic rings. The second kappa shape index (κ2) is 6.70. The molecule has 0 saturated heterocycles. The van der Waals surface area contributed by atoms with Crippen molar-refractivity contribution in [3.63, 3.8) is 0 Å². The zero-order chi connectivity index (χ0) is 15.4. The molecule has 21 heavy (non-hydrogen) atoms. The van der Waals surface area contributed by atoms with Crippen molar-refractivity contribution >= 4 is 17.3 Å². The summed E-state index contributed by atoms with van der Waals surface area (Å²) in [5, 5.41) is 11.1. The van der Waals surface area contributed by atoms with E-state index in [0.29, 0.717) is 11.4 Å². The van der Waals surface area contributed by atoms with Crippen LogP contribution in [0, 0.1) is 17.0 Å². The van der Waals surface area contributed by atoms with Gasteiger partial charge in [-0.2, -0.15) is 0 Å². The van der Waals surface area contributed by atoms with Gasteiger partial charge in [-0.1, -0.05) is 47.5 Å². The summed E-state index contributed by atoms with van der Waals surface area (Å²) >= 11 is 6.09. The maximum Gasteiger partial charge on any atom is 0.270 e. The summed E-state index contributed by atoms with van der Waals surface area (Å²) in [7, 11) is 0. The van der Waals surface area contributed by atoms with Gasteiger partial charge in [0.15, 0.2) is 0 Å². The SMILES string of the molecule is Cc1cccc(CC(N)Cc2ccc([N+](=O)[O-])cc2Cl)c1. The summed E-state index contributed by atoms with van der Waals surface area (Å²) in [5.74, 6) is 0. The summed E-state index contributed by atoms with van der Waals surface area (Å²) in [6.45, 7) is 2.04. The van der Waals surface area contributed by atoms with Crippen LogP contribution >= 0.6 is 11.6 Å². The standard InChI is InChI=1S/C16H17ClN2O2/c1-11-3-2-4-12(7-11)8-14(18)9-13-5-6-15(19(20)21)10-16(13)17/h2-7,10,14H,8-9,18H2,1H3. The van der Waals surface area contributed by atoms with Crippen LogP contribution in [0.3, 0.4) is 0 Å². The molecular weight excluding hydrogens is 288 g/mol. The van der Waals surface area contributed by atoms with Crippen LogP contribution in [0.25, 0.3) is 0 Å². The molecule has 5 heteroatoms. The van der Waals surface area contributed by atoms with Crippen LogP contribution in [0.4, 0.5) is 5.69 Å². The third-order valence-electron chi connectivity index (χ3n) is 3.31. The van der Waals surface area contributed by atoms with Crippen LogP contribution < -0.4 is 5.73 Å². The third kappa shape index (κ3) is 4.28. The number of aryl methyl sites for hydroxylation is 1. The molecule has 0 heterocycles. The second-order valence-corrected chi connectivity index (χ2v) is 5.60. The zero-order valence-electron chi connectivity index (χ0n) is 11.8. The van der Waals surface area contributed by atoms with E-state index in [-0.39, 0.29) is 11.7 Å². The number of nitrogens with two attached hydrogens (primary N) is 1. The van der Waals surface area contributed by atoms with Gasteiger partial charge in [0.1, 0.15) is 0 Å². The molecule has 1 atom stereocenters. The van der Waals surface area contributed by atoms with E-state index < -0.39 is 4.92 Å². The number of hydrogen-bond acceptors (Lipinski definition) is 3. The van der Waals surface area contributed by atoms with Crippen LogP contribution in [-0.2, 0) is 12.8 Å². The lowest BCUT2D eigenvalue weighted by Gasteiger charge is -2.13. The number of nitrogens with zero attached hydrogens (tertiary/aromatic N) is 1. The normalized spacial score (nSPS) is 12.1. The number of halogens is 1. The fraction of sp³-hybridized carbons (Fsp3) is 0.250. The molecule has 110 valence electrons. The van der Waals surface area contributed by atoms with Crippen LogP contribution in [0.15, 0.2) is 42.5 Å². The first-order valence-corrected chi connectivity index (χ1v) is 7.07. The number of nitro benzene ring substituents is 1. The summed E-state index contributed by atoms with van der Waals surface area (Å²) in [5.41, 5.74) is 9.38. The Morgan fingerprint density at radius 3 is 2.62 bits per heavy atom. The molecular formula is C16H17ClN2O2. The van der Waals surface area contributed by atoms with Crippen molar-refractivity contribution in [2.45, 2.75) is 25.8 Å². The fourth-order valence-electron chi connectivity index (χ4n) is 2.31. The molecule has 0 amide bonds. The van der Waals surface area contributed by atoms with E-state index in [0.717, 1.165) is 12.0 Å². The maximum atomic E-state index is 10.7. The van der Waals surface area contributed by atoms with Crippen molar-refractivity contribution in [1.82, 2.24) is 0 Å². The quantitative estimate of drug-likeness (QED) is 0.677. The third-order valence-corrected chi connectivity index (χ3v) is 3.66. The Kier molecular flexibility index (Phi) is 4.94. The number of benzene rings is 2. The lowest BCUT2D eigenvalue weighted by Crippen LogP contribution is -2.25. The van der Waals surface area contributed by atoms with Crippen molar-refractivity contribution in [1.29, 1.82) is 0 Å². The first kappa shape index (κ1) is 15.5. The van der Waals surface area contributed by atoms with Crippen LogP contribution in [0.2, 0.25) is 5.02 Å². The summed E-state index contributed by atoms with van der Waals surface area (Å²) in [6.07, 6.45) is 1.33. The Morgan fingerprint density at radius 1 is 1.24 bits per heavy atom. The van der Waals surface area contributed by atoms with E-state index >= 15 is 0 Å². The second-order valence-electron chi connectivity index (χ2n) is 5.19. The van der Waals surface area contributed by atoms with E-state index in [9.17, 15) is 10.1 Å². The van der Waals surface area contributed by atoms with E-state index in [1.54, 1.807) is 6.07 Å². The largest absolute Gasteiger partial charge is 0.327 e.